The third-order valence-corrected chi connectivity index (χ3v) is 4.78. The molecule has 0 saturated carbocycles. The molecule has 8 nitrogen and oxygen atoms in total. The fourth-order valence-corrected chi connectivity index (χ4v) is 3.19. The van der Waals surface area contributed by atoms with E-state index >= 15 is 0 Å². The molecular formula is C21H17ClN4O4. The predicted octanol–water partition coefficient (Wildman–Crippen LogP) is 3.66. The molecule has 9 heteroatoms. The average molecular weight is 425 g/mol. The smallest absolute Gasteiger partial charge is 0.267 e. The normalized spacial score (nSPS) is 10.9. The second-order valence-corrected chi connectivity index (χ2v) is 7.08. The summed E-state index contributed by atoms with van der Waals surface area (Å²) >= 11 is 5.93. The van der Waals surface area contributed by atoms with Crippen molar-refractivity contribution in [1.29, 1.82) is 0 Å². The lowest BCUT2D eigenvalue weighted by Gasteiger charge is -2.11. The van der Waals surface area contributed by atoms with Gasteiger partial charge in [-0.05, 0) is 36.8 Å². The van der Waals surface area contributed by atoms with E-state index in [1.54, 1.807) is 36.4 Å². The highest BCUT2D eigenvalue weighted by molar-refractivity contribution is 6.30. The largest absolute Gasteiger partial charge is 0.495 e. The number of benzene rings is 2. The molecule has 0 fully saturated rings. The first kappa shape index (κ1) is 19.7. The molecule has 2 heterocycles. The highest BCUT2D eigenvalue weighted by atomic mass is 35.5. The van der Waals surface area contributed by atoms with Crippen molar-refractivity contribution in [2.24, 2.45) is 0 Å². The lowest BCUT2D eigenvalue weighted by Crippen LogP contribution is -2.28. The van der Waals surface area contributed by atoms with E-state index in [2.05, 4.69) is 15.5 Å². The molecule has 0 spiro atoms. The number of rotatable bonds is 5. The van der Waals surface area contributed by atoms with Gasteiger partial charge in [0, 0.05) is 10.6 Å². The van der Waals surface area contributed by atoms with Gasteiger partial charge in [0.1, 0.15) is 29.7 Å². The minimum absolute atomic E-state index is 0.0990. The molecule has 0 bridgehead atoms. The van der Waals surface area contributed by atoms with Gasteiger partial charge in [-0.15, -0.1) is 0 Å². The number of ether oxygens (including phenoxy) is 1. The SMILES string of the molecule is COc1ccc(C)cc1NC(=O)Cn1cnc2onc(-c3ccc(Cl)cc3)c2c1=O. The van der Waals surface area contributed by atoms with Crippen LogP contribution in [0, 0.1) is 6.92 Å². The van der Waals surface area contributed by atoms with E-state index in [-0.39, 0.29) is 17.6 Å². The van der Waals surface area contributed by atoms with Gasteiger partial charge in [0.15, 0.2) is 0 Å². The monoisotopic (exact) mass is 424 g/mol. The van der Waals surface area contributed by atoms with Crippen LogP contribution in [0.1, 0.15) is 5.56 Å². The Balaban J connectivity index is 1.65. The lowest BCUT2D eigenvalue weighted by molar-refractivity contribution is -0.116. The third kappa shape index (κ3) is 3.77. The summed E-state index contributed by atoms with van der Waals surface area (Å²) < 4.78 is 11.7. The first-order chi connectivity index (χ1) is 14.5. The molecule has 1 amide bonds. The number of anilines is 1. The zero-order valence-electron chi connectivity index (χ0n) is 16.2. The minimum atomic E-state index is -0.433. The fraction of sp³-hybridized carbons (Fsp3) is 0.143. The molecule has 0 saturated heterocycles. The number of aromatic nitrogens is 3. The Bertz CT molecular complexity index is 1290. The van der Waals surface area contributed by atoms with Crippen molar-refractivity contribution in [3.8, 4) is 17.0 Å². The number of hydrogen-bond donors (Lipinski definition) is 1. The van der Waals surface area contributed by atoms with Gasteiger partial charge in [-0.2, -0.15) is 0 Å². The summed E-state index contributed by atoms with van der Waals surface area (Å²) in [7, 11) is 1.52. The molecular weight excluding hydrogens is 408 g/mol. The van der Waals surface area contributed by atoms with Crippen LogP contribution >= 0.6 is 11.6 Å². The predicted molar refractivity (Wildman–Crippen MR) is 113 cm³/mol. The maximum absolute atomic E-state index is 13.0. The van der Waals surface area contributed by atoms with Gasteiger partial charge < -0.3 is 14.6 Å². The summed E-state index contributed by atoms with van der Waals surface area (Å²) in [5.74, 6) is 0.130. The van der Waals surface area contributed by atoms with Crippen molar-refractivity contribution < 1.29 is 14.1 Å². The van der Waals surface area contributed by atoms with E-state index in [4.69, 9.17) is 20.9 Å². The van der Waals surface area contributed by atoms with Crippen molar-refractivity contribution in [1.82, 2.24) is 14.7 Å². The summed E-state index contributed by atoms with van der Waals surface area (Å²) in [6, 6.07) is 12.3. The van der Waals surface area contributed by atoms with Crippen molar-refractivity contribution in [3.63, 3.8) is 0 Å². The molecule has 2 aromatic carbocycles. The van der Waals surface area contributed by atoms with E-state index in [1.807, 2.05) is 13.0 Å². The van der Waals surface area contributed by atoms with Crippen LogP contribution in [0.4, 0.5) is 5.69 Å². The van der Waals surface area contributed by atoms with E-state index in [9.17, 15) is 9.59 Å². The summed E-state index contributed by atoms with van der Waals surface area (Å²) in [6.07, 6.45) is 1.26. The quantitative estimate of drug-likeness (QED) is 0.525. The Morgan fingerprint density at radius 3 is 2.73 bits per heavy atom. The van der Waals surface area contributed by atoms with Crippen molar-refractivity contribution in [3.05, 3.63) is 69.7 Å². The van der Waals surface area contributed by atoms with Gasteiger partial charge in [0.2, 0.25) is 5.91 Å². The zero-order valence-corrected chi connectivity index (χ0v) is 16.9. The maximum Gasteiger partial charge on any atom is 0.267 e. The lowest BCUT2D eigenvalue weighted by atomic mass is 10.1. The molecule has 2 aromatic heterocycles. The summed E-state index contributed by atoms with van der Waals surface area (Å²) in [6.45, 7) is 1.67. The molecule has 4 aromatic rings. The van der Waals surface area contributed by atoms with Crippen LogP contribution in [0.25, 0.3) is 22.4 Å². The van der Waals surface area contributed by atoms with Gasteiger partial charge in [0.05, 0.1) is 12.8 Å². The van der Waals surface area contributed by atoms with E-state index in [1.165, 1.54) is 18.0 Å². The number of carbonyl (C=O) groups excluding carboxylic acids is 1. The van der Waals surface area contributed by atoms with Gasteiger partial charge in [0.25, 0.3) is 11.3 Å². The Morgan fingerprint density at radius 1 is 1.23 bits per heavy atom. The molecule has 152 valence electrons. The van der Waals surface area contributed by atoms with Crippen LogP contribution in [0.2, 0.25) is 5.02 Å². The number of nitrogens with one attached hydrogen (secondary N) is 1. The number of aryl methyl sites for hydroxylation is 1. The Hall–Kier alpha value is -3.65. The topological polar surface area (TPSA) is 99.2 Å². The number of carbonyl (C=O) groups is 1. The molecule has 0 aliphatic heterocycles. The first-order valence-corrected chi connectivity index (χ1v) is 9.39. The Labute approximate surface area is 176 Å². The second-order valence-electron chi connectivity index (χ2n) is 6.65. The standard InChI is InChI=1S/C21H17ClN4O4/c1-12-3-8-16(29-2)15(9-12)24-17(27)10-26-11-23-20-18(21(26)28)19(25-30-20)13-4-6-14(22)7-5-13/h3-9,11H,10H2,1-2H3,(H,24,27). The zero-order chi connectivity index (χ0) is 21.3. The van der Waals surface area contributed by atoms with E-state index in [0.29, 0.717) is 27.7 Å². The molecule has 30 heavy (non-hydrogen) atoms. The summed E-state index contributed by atoms with van der Waals surface area (Å²) in [4.78, 5) is 29.7. The summed E-state index contributed by atoms with van der Waals surface area (Å²) in [5, 5.41) is 7.49. The third-order valence-electron chi connectivity index (χ3n) is 4.52. The fourth-order valence-electron chi connectivity index (χ4n) is 3.06. The number of halogens is 1. The van der Waals surface area contributed by atoms with Crippen molar-refractivity contribution in [2.75, 3.05) is 12.4 Å². The number of fused-ring (bicyclic) bond motifs is 1. The highest BCUT2D eigenvalue weighted by Gasteiger charge is 2.18. The molecule has 0 radical (unpaired) electrons. The van der Waals surface area contributed by atoms with Crippen molar-refractivity contribution in [2.45, 2.75) is 13.5 Å². The highest BCUT2D eigenvalue weighted by Crippen LogP contribution is 2.26. The Morgan fingerprint density at radius 2 is 2.00 bits per heavy atom. The number of nitrogens with zero attached hydrogens (tertiary/aromatic N) is 3. The molecule has 0 atom stereocenters. The van der Waals surface area contributed by atoms with E-state index < -0.39 is 11.5 Å². The summed E-state index contributed by atoms with van der Waals surface area (Å²) in [5.41, 5.74) is 2.15. The number of amides is 1. The molecule has 1 N–H and O–H groups in total. The molecule has 4 rings (SSSR count). The van der Waals surface area contributed by atoms with Crippen LogP contribution in [0.15, 0.2) is 58.1 Å². The van der Waals surface area contributed by atoms with Crippen LogP contribution in [0.3, 0.4) is 0 Å². The number of hydrogen-bond acceptors (Lipinski definition) is 6. The minimum Gasteiger partial charge on any atom is -0.495 e. The van der Waals surface area contributed by atoms with Gasteiger partial charge in [-0.1, -0.05) is 35.0 Å². The maximum atomic E-state index is 13.0. The van der Waals surface area contributed by atoms with Gasteiger partial charge in [-0.3, -0.25) is 14.2 Å². The van der Waals surface area contributed by atoms with Crippen molar-refractivity contribution >= 4 is 34.3 Å². The number of methoxy groups -OCH3 is 1. The Kier molecular flexibility index (Phi) is 5.24. The van der Waals surface area contributed by atoms with Gasteiger partial charge in [-0.25, -0.2) is 4.98 Å². The molecule has 0 aliphatic carbocycles. The average Bonchev–Trinajstić information content (AvgIpc) is 3.16. The van der Waals surface area contributed by atoms with Crippen LogP contribution in [-0.2, 0) is 11.3 Å². The van der Waals surface area contributed by atoms with E-state index in [0.717, 1.165) is 5.56 Å². The first-order valence-electron chi connectivity index (χ1n) is 9.01. The molecule has 0 unspecified atom stereocenters. The second kappa shape index (κ2) is 8.00. The van der Waals surface area contributed by atoms with Crippen LogP contribution < -0.4 is 15.6 Å². The molecule has 0 aliphatic rings. The van der Waals surface area contributed by atoms with Crippen LogP contribution in [-0.4, -0.2) is 27.7 Å². The van der Waals surface area contributed by atoms with Crippen LogP contribution in [0.5, 0.6) is 5.75 Å². The van der Waals surface area contributed by atoms with Gasteiger partial charge >= 0.3 is 0 Å².